The minimum atomic E-state index is -1.83. The molecule has 0 saturated carbocycles. The molecule has 0 unspecified atom stereocenters. The van der Waals surface area contributed by atoms with E-state index in [2.05, 4.69) is 0 Å². The van der Waals surface area contributed by atoms with Crippen molar-refractivity contribution in [3.8, 4) is 17.2 Å². The molecule has 5 rings (SSSR count). The Labute approximate surface area is 210 Å². The minimum absolute atomic E-state index is 0.0563. The largest absolute Gasteiger partial charge is 0.508 e. The molecule has 1 heterocycles. The van der Waals surface area contributed by atoms with E-state index in [1.807, 2.05) is 0 Å². The molecule has 0 spiro atoms. The predicted molar refractivity (Wildman–Crippen MR) is 126 cm³/mol. The topological polar surface area (TPSA) is 174 Å². The van der Waals surface area contributed by atoms with E-state index in [1.165, 1.54) is 24.3 Å². The average Bonchev–Trinajstić information content (AvgIpc) is 2.84. The fraction of sp³-hybridized carbons (Fsp3) is 0.259. The van der Waals surface area contributed by atoms with E-state index in [0.717, 1.165) is 6.07 Å². The number of hydrogen-bond acceptors (Lipinski definition) is 10. The van der Waals surface area contributed by atoms with Gasteiger partial charge in [-0.1, -0.05) is 24.3 Å². The number of phenols is 3. The normalized spacial score (nSPS) is 26.8. The number of benzene rings is 3. The summed E-state index contributed by atoms with van der Waals surface area (Å²) >= 11 is 0. The van der Waals surface area contributed by atoms with Gasteiger partial charge in [0, 0.05) is 12.0 Å². The molecule has 3 aromatic rings. The molecular formula is C27H24O10. The smallest absolute Gasteiger partial charge is 0.340 e. The number of ether oxygens (including phenoxy) is 2. The summed E-state index contributed by atoms with van der Waals surface area (Å²) in [4.78, 5) is 25.9. The van der Waals surface area contributed by atoms with Crippen LogP contribution in [0, 0.1) is 6.92 Å². The molecule has 6 N–H and O–H groups in total. The first-order valence-corrected chi connectivity index (χ1v) is 11.5. The maximum Gasteiger partial charge on any atom is 0.340 e. The lowest BCUT2D eigenvalue weighted by Gasteiger charge is -2.44. The predicted octanol–water partition coefficient (Wildman–Crippen LogP) is 1.45. The lowest BCUT2D eigenvalue weighted by molar-refractivity contribution is -0.282. The van der Waals surface area contributed by atoms with Crippen molar-refractivity contribution in [3.05, 3.63) is 88.0 Å². The molecule has 0 bridgehead atoms. The summed E-state index contributed by atoms with van der Waals surface area (Å²) in [6.45, 7) is 1.66. The number of aliphatic hydroxyl groups is 3. The number of aromatic hydroxyl groups is 3. The second-order valence-corrected chi connectivity index (χ2v) is 9.20. The SMILES string of the molecule is Cc1cc(O)c2c(c1)[C@@H]([C@H]1O[C@H](OC(=O)c3ccccc3)[C@@H](O)[C@@H](O)[C@H]1O)c1cc(O)cc(O)c1C2=O. The zero-order valence-corrected chi connectivity index (χ0v) is 19.5. The molecule has 1 fully saturated rings. The van der Waals surface area contributed by atoms with Gasteiger partial charge in [0.1, 0.15) is 41.7 Å². The van der Waals surface area contributed by atoms with Crippen molar-refractivity contribution in [3.63, 3.8) is 0 Å². The third-order valence-electron chi connectivity index (χ3n) is 6.72. The molecule has 10 heteroatoms. The van der Waals surface area contributed by atoms with Crippen LogP contribution in [0.2, 0.25) is 0 Å². The highest BCUT2D eigenvalue weighted by Crippen LogP contribution is 2.48. The van der Waals surface area contributed by atoms with Crippen LogP contribution in [0.25, 0.3) is 0 Å². The Morgan fingerprint density at radius 3 is 2.14 bits per heavy atom. The van der Waals surface area contributed by atoms with E-state index in [-0.39, 0.29) is 39.3 Å². The summed E-state index contributed by atoms with van der Waals surface area (Å²) < 4.78 is 11.2. The molecule has 0 radical (unpaired) electrons. The van der Waals surface area contributed by atoms with Gasteiger partial charge in [-0.2, -0.15) is 0 Å². The molecule has 2 aliphatic rings. The number of phenolic OH excluding ortho intramolecular Hbond substituents is 3. The van der Waals surface area contributed by atoms with Gasteiger partial charge in [-0.3, -0.25) is 4.79 Å². The van der Waals surface area contributed by atoms with Crippen molar-refractivity contribution in [1.82, 2.24) is 0 Å². The maximum atomic E-state index is 13.3. The first-order chi connectivity index (χ1) is 17.6. The van der Waals surface area contributed by atoms with E-state index in [1.54, 1.807) is 31.2 Å². The highest BCUT2D eigenvalue weighted by Gasteiger charge is 2.51. The third kappa shape index (κ3) is 4.09. The van der Waals surface area contributed by atoms with Crippen molar-refractivity contribution in [1.29, 1.82) is 0 Å². The molecule has 10 nitrogen and oxygen atoms in total. The van der Waals surface area contributed by atoms with Crippen molar-refractivity contribution >= 4 is 11.8 Å². The van der Waals surface area contributed by atoms with Gasteiger partial charge in [0.15, 0.2) is 0 Å². The summed E-state index contributed by atoms with van der Waals surface area (Å²) in [5.74, 6) is -4.02. The number of esters is 1. The Hall–Kier alpha value is -3.96. The van der Waals surface area contributed by atoms with Crippen molar-refractivity contribution < 1.29 is 49.7 Å². The fourth-order valence-corrected chi connectivity index (χ4v) is 5.05. The number of hydrogen-bond donors (Lipinski definition) is 6. The number of rotatable bonds is 3. The number of ketones is 1. The molecule has 1 aliphatic carbocycles. The van der Waals surface area contributed by atoms with E-state index in [9.17, 15) is 40.2 Å². The Kier molecular flexibility index (Phi) is 6.12. The van der Waals surface area contributed by atoms with Gasteiger partial charge in [-0.15, -0.1) is 0 Å². The lowest BCUT2D eigenvalue weighted by atomic mass is 9.71. The van der Waals surface area contributed by atoms with Gasteiger partial charge < -0.3 is 40.1 Å². The Bertz CT molecular complexity index is 1320. The van der Waals surface area contributed by atoms with Gasteiger partial charge in [0.05, 0.1) is 16.7 Å². The van der Waals surface area contributed by atoms with Gasteiger partial charge in [-0.05, 0) is 47.9 Å². The zero-order valence-electron chi connectivity index (χ0n) is 19.5. The average molecular weight is 508 g/mol. The highest BCUT2D eigenvalue weighted by atomic mass is 16.7. The van der Waals surface area contributed by atoms with Crippen LogP contribution in [-0.4, -0.2) is 73.1 Å². The summed E-state index contributed by atoms with van der Waals surface area (Å²) in [6, 6.07) is 13.0. The Balaban J connectivity index is 1.62. The van der Waals surface area contributed by atoms with Crippen LogP contribution in [0.3, 0.4) is 0 Å². The molecule has 192 valence electrons. The lowest BCUT2D eigenvalue weighted by Crippen LogP contribution is -2.60. The summed E-state index contributed by atoms with van der Waals surface area (Å²) in [5, 5.41) is 63.6. The number of fused-ring (bicyclic) bond motifs is 2. The molecule has 37 heavy (non-hydrogen) atoms. The van der Waals surface area contributed by atoms with E-state index < -0.39 is 54.1 Å². The summed E-state index contributed by atoms with van der Waals surface area (Å²) in [7, 11) is 0. The molecule has 6 atom stereocenters. The Morgan fingerprint density at radius 2 is 1.46 bits per heavy atom. The number of carbonyl (C=O) groups is 2. The summed E-state index contributed by atoms with van der Waals surface area (Å²) in [5.41, 5.74) is 0.577. The van der Waals surface area contributed by atoms with Crippen LogP contribution in [0.5, 0.6) is 17.2 Å². The molecule has 0 aromatic heterocycles. The zero-order chi connectivity index (χ0) is 26.6. The van der Waals surface area contributed by atoms with Crippen LogP contribution in [0.4, 0.5) is 0 Å². The van der Waals surface area contributed by atoms with Crippen molar-refractivity contribution in [2.24, 2.45) is 0 Å². The third-order valence-corrected chi connectivity index (χ3v) is 6.72. The van der Waals surface area contributed by atoms with Gasteiger partial charge in [0.25, 0.3) is 0 Å². The molecule has 0 amide bonds. The Morgan fingerprint density at radius 1 is 0.838 bits per heavy atom. The first kappa shape index (κ1) is 24.7. The monoisotopic (exact) mass is 508 g/mol. The molecule has 1 aliphatic heterocycles. The van der Waals surface area contributed by atoms with Gasteiger partial charge in [-0.25, -0.2) is 4.79 Å². The number of carbonyl (C=O) groups excluding carboxylic acids is 2. The van der Waals surface area contributed by atoms with Crippen LogP contribution < -0.4 is 0 Å². The van der Waals surface area contributed by atoms with Crippen LogP contribution in [0.1, 0.15) is 48.9 Å². The molecule has 3 aromatic carbocycles. The van der Waals surface area contributed by atoms with Crippen LogP contribution >= 0.6 is 0 Å². The fourth-order valence-electron chi connectivity index (χ4n) is 5.05. The summed E-state index contributed by atoms with van der Waals surface area (Å²) in [6.07, 6.45) is -8.56. The van der Waals surface area contributed by atoms with Gasteiger partial charge in [0.2, 0.25) is 12.1 Å². The van der Waals surface area contributed by atoms with E-state index >= 15 is 0 Å². The number of aliphatic hydroxyl groups excluding tert-OH is 3. The van der Waals surface area contributed by atoms with Crippen molar-refractivity contribution in [2.45, 2.75) is 43.5 Å². The second-order valence-electron chi connectivity index (χ2n) is 9.20. The maximum absolute atomic E-state index is 13.3. The number of aryl methyl sites for hydroxylation is 1. The standard InChI is InChI=1S/C27H24O10/c1-11-7-14-18(15-9-13(28)10-17(30)20(15)21(31)19(14)16(29)8-11)25-23(33)22(32)24(34)27(36-25)37-26(35)12-5-3-2-4-6-12/h2-10,18,22-25,27-30,32-34H,1H3/t18-,22+,23-,24+,25-,27-/m1/s1. The first-order valence-electron chi connectivity index (χ1n) is 11.5. The van der Waals surface area contributed by atoms with Gasteiger partial charge >= 0.3 is 5.97 Å². The van der Waals surface area contributed by atoms with E-state index in [0.29, 0.717) is 5.56 Å². The van der Waals surface area contributed by atoms with Crippen LogP contribution in [0.15, 0.2) is 54.6 Å². The molecular weight excluding hydrogens is 484 g/mol. The second kappa shape index (κ2) is 9.16. The highest BCUT2D eigenvalue weighted by molar-refractivity contribution is 6.16. The van der Waals surface area contributed by atoms with Crippen molar-refractivity contribution in [2.75, 3.05) is 0 Å². The molecule has 1 saturated heterocycles. The van der Waals surface area contributed by atoms with E-state index in [4.69, 9.17) is 9.47 Å². The minimum Gasteiger partial charge on any atom is -0.508 e. The van der Waals surface area contributed by atoms with Crippen LogP contribution in [-0.2, 0) is 9.47 Å². The quantitative estimate of drug-likeness (QED) is 0.284.